The van der Waals surface area contributed by atoms with Crippen molar-refractivity contribution in [3.05, 3.63) is 35.5 Å². The van der Waals surface area contributed by atoms with E-state index in [2.05, 4.69) is 11.1 Å². The van der Waals surface area contributed by atoms with E-state index in [1.807, 2.05) is 11.9 Å². The van der Waals surface area contributed by atoms with Gasteiger partial charge in [0.25, 0.3) is 0 Å². The van der Waals surface area contributed by atoms with Crippen molar-refractivity contribution in [2.45, 2.75) is 13.3 Å². The minimum atomic E-state index is -0.934. The summed E-state index contributed by atoms with van der Waals surface area (Å²) < 4.78 is 27.0. The summed E-state index contributed by atoms with van der Waals surface area (Å²) in [6.07, 6.45) is 0.364. The summed E-state index contributed by atoms with van der Waals surface area (Å²) in [5, 5.41) is 9.16. The molecule has 2 aromatic rings. The zero-order chi connectivity index (χ0) is 14.0. The molecule has 2 rings (SSSR count). The van der Waals surface area contributed by atoms with Gasteiger partial charge in [-0.15, -0.1) is 0 Å². The predicted octanol–water partition coefficient (Wildman–Crippen LogP) is 3.17. The van der Waals surface area contributed by atoms with Gasteiger partial charge in [0.05, 0.1) is 12.5 Å². The van der Waals surface area contributed by atoms with E-state index in [-0.39, 0.29) is 5.52 Å². The van der Waals surface area contributed by atoms with Crippen LogP contribution < -0.4 is 4.90 Å². The first-order valence-electron chi connectivity index (χ1n) is 5.88. The normalized spacial score (nSPS) is 10.5. The third-order valence-corrected chi connectivity index (χ3v) is 2.95. The minimum Gasteiger partial charge on any atom is -0.373 e. The summed E-state index contributed by atoms with van der Waals surface area (Å²) in [7, 11) is 1.81. The third kappa shape index (κ3) is 2.48. The first kappa shape index (κ1) is 13.2. The van der Waals surface area contributed by atoms with Gasteiger partial charge < -0.3 is 4.90 Å². The molecule has 0 radical (unpaired) electrons. The highest BCUT2D eigenvalue weighted by atomic mass is 19.2. The molecule has 19 heavy (non-hydrogen) atoms. The number of benzene rings is 1. The number of fused-ring (bicyclic) bond motifs is 1. The first-order chi connectivity index (χ1) is 9.04. The number of hydrogen-bond donors (Lipinski definition) is 0. The van der Waals surface area contributed by atoms with E-state index in [1.165, 1.54) is 6.07 Å². The Balaban J connectivity index is 2.61. The lowest BCUT2D eigenvalue weighted by molar-refractivity contribution is 0.515. The second-order valence-corrected chi connectivity index (χ2v) is 4.37. The molecule has 3 nitrogen and oxygen atoms in total. The molecule has 1 heterocycles. The summed E-state index contributed by atoms with van der Waals surface area (Å²) in [6, 6.07) is 6.47. The Bertz CT molecular complexity index is 662. The number of hydrogen-bond acceptors (Lipinski definition) is 3. The van der Waals surface area contributed by atoms with E-state index in [9.17, 15) is 8.78 Å². The maximum atomic E-state index is 13.8. The number of aromatic nitrogens is 1. The molecule has 0 saturated carbocycles. The van der Waals surface area contributed by atoms with Gasteiger partial charge in [-0.25, -0.2) is 13.8 Å². The molecule has 98 valence electrons. The van der Waals surface area contributed by atoms with Gasteiger partial charge >= 0.3 is 0 Å². The molecular formula is C14H13F2N3. The average molecular weight is 261 g/mol. The van der Waals surface area contributed by atoms with Gasteiger partial charge in [-0.2, -0.15) is 5.26 Å². The Kier molecular flexibility index (Phi) is 3.61. The Morgan fingerprint density at radius 3 is 2.79 bits per heavy atom. The fraction of sp³-hybridized carbons (Fsp3) is 0.286. The minimum absolute atomic E-state index is 0.0267. The fourth-order valence-electron chi connectivity index (χ4n) is 1.99. The topological polar surface area (TPSA) is 39.9 Å². The SMILES string of the molecule is Cc1cc(N(C)CCC#N)c2ccc(F)c(F)c2n1. The summed E-state index contributed by atoms with van der Waals surface area (Å²) in [5.41, 5.74) is 1.38. The van der Waals surface area contributed by atoms with Gasteiger partial charge in [-0.3, -0.25) is 0 Å². The molecule has 0 fully saturated rings. The molecular weight excluding hydrogens is 248 g/mol. The van der Waals surface area contributed by atoms with Crippen LogP contribution in [0.25, 0.3) is 10.9 Å². The van der Waals surface area contributed by atoms with Crippen LogP contribution in [-0.2, 0) is 0 Å². The van der Waals surface area contributed by atoms with Crippen molar-refractivity contribution in [1.82, 2.24) is 4.98 Å². The quantitative estimate of drug-likeness (QED) is 0.852. The van der Waals surface area contributed by atoms with Crippen LogP contribution >= 0.6 is 0 Å². The van der Waals surface area contributed by atoms with Crippen LogP contribution in [0.3, 0.4) is 0 Å². The van der Waals surface area contributed by atoms with E-state index >= 15 is 0 Å². The highest BCUT2D eigenvalue weighted by molar-refractivity contribution is 5.92. The summed E-state index contributed by atoms with van der Waals surface area (Å²) in [4.78, 5) is 5.90. The second-order valence-electron chi connectivity index (χ2n) is 4.37. The van der Waals surface area contributed by atoms with Gasteiger partial charge in [0.2, 0.25) is 0 Å². The number of nitriles is 1. The largest absolute Gasteiger partial charge is 0.373 e. The predicted molar refractivity (Wildman–Crippen MR) is 69.9 cm³/mol. The number of aryl methyl sites for hydroxylation is 1. The van der Waals surface area contributed by atoms with Gasteiger partial charge in [-0.1, -0.05) is 0 Å². The second kappa shape index (κ2) is 5.19. The zero-order valence-electron chi connectivity index (χ0n) is 10.7. The molecule has 0 aliphatic heterocycles. The smallest absolute Gasteiger partial charge is 0.185 e. The highest BCUT2D eigenvalue weighted by Gasteiger charge is 2.14. The summed E-state index contributed by atoms with van der Waals surface area (Å²) in [5.74, 6) is -1.84. The van der Waals surface area contributed by atoms with Crippen LogP contribution in [0, 0.1) is 29.9 Å². The molecule has 0 amide bonds. The van der Waals surface area contributed by atoms with Crippen LogP contribution in [0.4, 0.5) is 14.5 Å². The van der Waals surface area contributed by atoms with Crippen LogP contribution in [0.5, 0.6) is 0 Å². The highest BCUT2D eigenvalue weighted by Crippen LogP contribution is 2.28. The molecule has 0 aliphatic rings. The molecule has 0 aliphatic carbocycles. The van der Waals surface area contributed by atoms with Gasteiger partial charge in [0.1, 0.15) is 5.52 Å². The monoisotopic (exact) mass is 261 g/mol. The Labute approximate surface area is 110 Å². The van der Waals surface area contributed by atoms with Gasteiger partial charge in [-0.05, 0) is 25.1 Å². The Hall–Kier alpha value is -2.22. The lowest BCUT2D eigenvalue weighted by atomic mass is 10.1. The Morgan fingerprint density at radius 2 is 2.11 bits per heavy atom. The maximum absolute atomic E-state index is 13.8. The molecule has 1 aromatic heterocycles. The molecule has 0 bridgehead atoms. The van der Waals surface area contributed by atoms with E-state index < -0.39 is 11.6 Å². The van der Waals surface area contributed by atoms with Crippen molar-refractivity contribution in [2.24, 2.45) is 0 Å². The molecule has 0 spiro atoms. The summed E-state index contributed by atoms with van der Waals surface area (Å²) in [6.45, 7) is 2.25. The molecule has 0 unspecified atom stereocenters. The van der Waals surface area contributed by atoms with Crippen LogP contribution in [0.2, 0.25) is 0 Å². The van der Waals surface area contributed by atoms with Gasteiger partial charge in [0, 0.05) is 30.4 Å². The van der Waals surface area contributed by atoms with E-state index in [4.69, 9.17) is 5.26 Å². The van der Waals surface area contributed by atoms with E-state index in [0.717, 1.165) is 11.8 Å². The van der Waals surface area contributed by atoms with Crippen molar-refractivity contribution in [1.29, 1.82) is 5.26 Å². The molecule has 0 N–H and O–H groups in total. The number of halogens is 2. The molecule has 0 atom stereocenters. The van der Waals surface area contributed by atoms with E-state index in [0.29, 0.717) is 24.0 Å². The van der Waals surface area contributed by atoms with Gasteiger partial charge in [0.15, 0.2) is 11.6 Å². The van der Waals surface area contributed by atoms with Crippen molar-refractivity contribution < 1.29 is 8.78 Å². The van der Waals surface area contributed by atoms with Crippen LogP contribution in [0.1, 0.15) is 12.1 Å². The third-order valence-electron chi connectivity index (χ3n) is 2.95. The number of nitrogens with zero attached hydrogens (tertiary/aromatic N) is 3. The lowest BCUT2D eigenvalue weighted by Crippen LogP contribution is -2.19. The molecule has 5 heteroatoms. The Morgan fingerprint density at radius 1 is 1.37 bits per heavy atom. The molecule has 0 saturated heterocycles. The van der Waals surface area contributed by atoms with Crippen molar-refractivity contribution in [2.75, 3.05) is 18.5 Å². The zero-order valence-corrected chi connectivity index (χ0v) is 10.7. The lowest BCUT2D eigenvalue weighted by Gasteiger charge is -2.20. The average Bonchev–Trinajstić information content (AvgIpc) is 2.40. The molecule has 1 aromatic carbocycles. The number of pyridine rings is 1. The number of anilines is 1. The van der Waals surface area contributed by atoms with Crippen molar-refractivity contribution >= 4 is 16.6 Å². The van der Waals surface area contributed by atoms with Crippen LogP contribution in [-0.4, -0.2) is 18.6 Å². The maximum Gasteiger partial charge on any atom is 0.185 e. The van der Waals surface area contributed by atoms with Crippen LogP contribution in [0.15, 0.2) is 18.2 Å². The first-order valence-corrected chi connectivity index (χ1v) is 5.88. The van der Waals surface area contributed by atoms with Crippen molar-refractivity contribution in [3.8, 4) is 6.07 Å². The number of rotatable bonds is 3. The standard InChI is InChI=1S/C14H13F2N3/c1-9-8-12(19(2)7-3-6-17)10-4-5-11(15)13(16)14(10)18-9/h4-5,8H,3,7H2,1-2H3. The summed E-state index contributed by atoms with van der Waals surface area (Å²) >= 11 is 0. The fourth-order valence-corrected chi connectivity index (χ4v) is 1.99. The van der Waals surface area contributed by atoms with Crippen molar-refractivity contribution in [3.63, 3.8) is 0 Å². The van der Waals surface area contributed by atoms with E-state index in [1.54, 1.807) is 13.0 Å².